The van der Waals surface area contributed by atoms with Gasteiger partial charge in [-0.3, -0.25) is 4.31 Å². The van der Waals surface area contributed by atoms with Crippen LogP contribution >= 0.6 is 0 Å². The molecule has 0 bridgehead atoms. The number of rotatable bonds is 2. The third kappa shape index (κ3) is 2.15. The highest BCUT2D eigenvalue weighted by Crippen LogP contribution is 2.36. The SMILES string of the molecule is CC1Cc2ccccc2N1S(=O)(=O)C1CCCNC1. The molecule has 0 amide bonds. The van der Waals surface area contributed by atoms with Gasteiger partial charge in [-0.25, -0.2) is 8.42 Å². The van der Waals surface area contributed by atoms with Gasteiger partial charge in [0.15, 0.2) is 0 Å². The fourth-order valence-electron chi connectivity index (χ4n) is 3.16. The Labute approximate surface area is 114 Å². The summed E-state index contributed by atoms with van der Waals surface area (Å²) in [6.45, 7) is 3.50. The summed E-state index contributed by atoms with van der Waals surface area (Å²) in [5.74, 6) is 0. The molecule has 0 aromatic heterocycles. The molecular formula is C14H20N2O2S. The van der Waals surface area contributed by atoms with Gasteiger partial charge in [0.25, 0.3) is 0 Å². The molecule has 5 heteroatoms. The molecule has 0 saturated carbocycles. The minimum atomic E-state index is -3.25. The van der Waals surface area contributed by atoms with Gasteiger partial charge in [-0.15, -0.1) is 0 Å². The van der Waals surface area contributed by atoms with Gasteiger partial charge in [0.2, 0.25) is 10.0 Å². The first-order chi connectivity index (χ1) is 9.10. The van der Waals surface area contributed by atoms with E-state index in [1.54, 1.807) is 4.31 Å². The van der Waals surface area contributed by atoms with Crippen LogP contribution in [-0.4, -0.2) is 32.8 Å². The fraction of sp³-hybridized carbons (Fsp3) is 0.571. The van der Waals surface area contributed by atoms with Crippen molar-refractivity contribution in [2.75, 3.05) is 17.4 Å². The molecule has 1 aromatic rings. The van der Waals surface area contributed by atoms with Crippen molar-refractivity contribution >= 4 is 15.7 Å². The second-order valence-corrected chi connectivity index (χ2v) is 7.58. The van der Waals surface area contributed by atoms with E-state index in [2.05, 4.69) is 5.32 Å². The Morgan fingerprint density at radius 1 is 1.32 bits per heavy atom. The Kier molecular flexibility index (Phi) is 3.27. The van der Waals surface area contributed by atoms with Crippen LogP contribution in [-0.2, 0) is 16.4 Å². The zero-order valence-corrected chi connectivity index (χ0v) is 12.0. The van der Waals surface area contributed by atoms with Crippen molar-refractivity contribution in [1.29, 1.82) is 0 Å². The van der Waals surface area contributed by atoms with Crippen LogP contribution in [0.3, 0.4) is 0 Å². The lowest BCUT2D eigenvalue weighted by atomic mass is 10.1. The van der Waals surface area contributed by atoms with Gasteiger partial charge in [-0.05, 0) is 44.4 Å². The molecule has 2 aliphatic heterocycles. The highest BCUT2D eigenvalue weighted by Gasteiger charge is 2.39. The van der Waals surface area contributed by atoms with Gasteiger partial charge < -0.3 is 5.32 Å². The molecule has 4 nitrogen and oxygen atoms in total. The highest BCUT2D eigenvalue weighted by molar-refractivity contribution is 7.93. The molecule has 104 valence electrons. The number of piperidine rings is 1. The molecule has 1 aromatic carbocycles. The van der Waals surface area contributed by atoms with Crippen LogP contribution in [0.5, 0.6) is 0 Å². The maximum atomic E-state index is 12.8. The van der Waals surface area contributed by atoms with Crippen LogP contribution in [0, 0.1) is 0 Å². The number of para-hydroxylation sites is 1. The average molecular weight is 280 g/mol. The standard InChI is InChI=1S/C14H20N2O2S/c1-11-9-12-5-2-3-7-14(12)16(11)19(17,18)13-6-4-8-15-10-13/h2-3,5,7,11,13,15H,4,6,8-10H2,1H3. The molecule has 0 spiro atoms. The average Bonchev–Trinajstić information content (AvgIpc) is 2.76. The van der Waals surface area contributed by atoms with E-state index in [1.165, 1.54) is 0 Å². The van der Waals surface area contributed by atoms with Crippen molar-refractivity contribution in [2.45, 2.75) is 37.5 Å². The Hall–Kier alpha value is -1.07. The second kappa shape index (κ2) is 4.80. The Morgan fingerprint density at radius 2 is 2.11 bits per heavy atom. The van der Waals surface area contributed by atoms with E-state index in [-0.39, 0.29) is 11.3 Å². The molecule has 3 rings (SSSR count). The van der Waals surface area contributed by atoms with Gasteiger partial charge in [0.05, 0.1) is 10.9 Å². The zero-order chi connectivity index (χ0) is 13.5. The summed E-state index contributed by atoms with van der Waals surface area (Å²) in [4.78, 5) is 0. The number of nitrogens with zero attached hydrogens (tertiary/aromatic N) is 1. The molecule has 2 atom stereocenters. The minimum Gasteiger partial charge on any atom is -0.315 e. The van der Waals surface area contributed by atoms with E-state index in [1.807, 2.05) is 31.2 Å². The highest BCUT2D eigenvalue weighted by atomic mass is 32.2. The van der Waals surface area contributed by atoms with Crippen LogP contribution in [0.1, 0.15) is 25.3 Å². The fourth-order valence-corrected chi connectivity index (χ4v) is 5.30. The number of hydrogen-bond donors (Lipinski definition) is 1. The summed E-state index contributed by atoms with van der Waals surface area (Å²) in [6, 6.07) is 7.87. The van der Waals surface area contributed by atoms with Crippen LogP contribution in [0.15, 0.2) is 24.3 Å². The molecule has 1 fully saturated rings. The third-order valence-electron chi connectivity index (χ3n) is 4.09. The van der Waals surface area contributed by atoms with E-state index >= 15 is 0 Å². The number of fused-ring (bicyclic) bond motifs is 1. The maximum absolute atomic E-state index is 12.8. The smallest absolute Gasteiger partial charge is 0.239 e. The number of sulfonamides is 1. The van der Waals surface area contributed by atoms with Crippen molar-refractivity contribution in [3.05, 3.63) is 29.8 Å². The second-order valence-electron chi connectivity index (χ2n) is 5.49. The first kappa shape index (κ1) is 12.9. The van der Waals surface area contributed by atoms with Gasteiger partial charge in [-0.2, -0.15) is 0 Å². The van der Waals surface area contributed by atoms with Crippen molar-refractivity contribution < 1.29 is 8.42 Å². The molecule has 2 aliphatic rings. The lowest BCUT2D eigenvalue weighted by Gasteiger charge is -2.31. The first-order valence-corrected chi connectivity index (χ1v) is 8.43. The molecule has 19 heavy (non-hydrogen) atoms. The number of anilines is 1. The summed E-state index contributed by atoms with van der Waals surface area (Å²) < 4.78 is 27.3. The zero-order valence-electron chi connectivity index (χ0n) is 11.2. The lowest BCUT2D eigenvalue weighted by Crippen LogP contribution is -2.48. The lowest BCUT2D eigenvalue weighted by molar-refractivity contribution is 0.492. The van der Waals surface area contributed by atoms with E-state index in [9.17, 15) is 8.42 Å². The van der Waals surface area contributed by atoms with E-state index in [4.69, 9.17) is 0 Å². The van der Waals surface area contributed by atoms with Crippen LogP contribution in [0.2, 0.25) is 0 Å². The van der Waals surface area contributed by atoms with Gasteiger partial charge in [0.1, 0.15) is 0 Å². The summed E-state index contributed by atoms with van der Waals surface area (Å²) in [6.07, 6.45) is 2.52. The first-order valence-electron chi connectivity index (χ1n) is 6.92. The number of benzene rings is 1. The summed E-state index contributed by atoms with van der Waals surface area (Å²) in [7, 11) is -3.25. The van der Waals surface area contributed by atoms with E-state index in [0.717, 1.165) is 37.1 Å². The molecule has 2 unspecified atom stereocenters. The van der Waals surface area contributed by atoms with Crippen LogP contribution in [0.25, 0.3) is 0 Å². The normalized spacial score (nSPS) is 27.3. The number of nitrogens with one attached hydrogen (secondary N) is 1. The topological polar surface area (TPSA) is 49.4 Å². The summed E-state index contributed by atoms with van der Waals surface area (Å²) in [5, 5.41) is 2.91. The van der Waals surface area contributed by atoms with E-state index < -0.39 is 10.0 Å². The van der Waals surface area contributed by atoms with Crippen molar-refractivity contribution in [3.63, 3.8) is 0 Å². The molecule has 2 heterocycles. The minimum absolute atomic E-state index is 0.0318. The summed E-state index contributed by atoms with van der Waals surface area (Å²) >= 11 is 0. The Morgan fingerprint density at radius 3 is 2.84 bits per heavy atom. The number of hydrogen-bond acceptors (Lipinski definition) is 3. The molecule has 0 radical (unpaired) electrons. The predicted molar refractivity (Wildman–Crippen MR) is 76.9 cm³/mol. The maximum Gasteiger partial charge on any atom is 0.239 e. The quantitative estimate of drug-likeness (QED) is 0.893. The van der Waals surface area contributed by atoms with Gasteiger partial charge in [-0.1, -0.05) is 18.2 Å². The summed E-state index contributed by atoms with van der Waals surface area (Å²) in [5.41, 5.74) is 2.02. The van der Waals surface area contributed by atoms with Crippen molar-refractivity contribution in [3.8, 4) is 0 Å². The van der Waals surface area contributed by atoms with Gasteiger partial charge in [0, 0.05) is 12.6 Å². The largest absolute Gasteiger partial charge is 0.315 e. The molecule has 1 N–H and O–H groups in total. The van der Waals surface area contributed by atoms with Crippen molar-refractivity contribution in [1.82, 2.24) is 5.32 Å². The Bertz CT molecular complexity index is 565. The van der Waals surface area contributed by atoms with E-state index in [0.29, 0.717) is 6.54 Å². The predicted octanol–water partition coefficient (Wildman–Crippen LogP) is 1.52. The Balaban J connectivity index is 1.97. The monoisotopic (exact) mass is 280 g/mol. The van der Waals surface area contributed by atoms with Crippen molar-refractivity contribution in [2.24, 2.45) is 0 Å². The third-order valence-corrected chi connectivity index (χ3v) is 6.44. The van der Waals surface area contributed by atoms with Crippen LogP contribution < -0.4 is 9.62 Å². The molecule has 1 saturated heterocycles. The van der Waals surface area contributed by atoms with Crippen LogP contribution in [0.4, 0.5) is 5.69 Å². The van der Waals surface area contributed by atoms with Gasteiger partial charge >= 0.3 is 0 Å². The molecule has 0 aliphatic carbocycles. The molecular weight excluding hydrogens is 260 g/mol.